The van der Waals surface area contributed by atoms with E-state index in [9.17, 15) is 26.4 Å². The molecule has 12 heteroatoms. The number of benzene rings is 1. The third kappa shape index (κ3) is 2.71. The standard InChI is InChI=1S/C12H7F3N4O4S/c13-12(14,15)24(21,22)7-3-1-2-6(4-7)16-9-5-8-10(17-11(9)20)19-23-18-8/h1-5,16H,(H,17,19,20). The number of anilines is 2. The van der Waals surface area contributed by atoms with E-state index in [4.69, 9.17) is 0 Å². The Labute approximate surface area is 131 Å². The van der Waals surface area contributed by atoms with E-state index in [0.29, 0.717) is 0 Å². The van der Waals surface area contributed by atoms with Crippen molar-refractivity contribution in [2.45, 2.75) is 10.4 Å². The van der Waals surface area contributed by atoms with Crippen LogP contribution in [0.15, 0.2) is 44.7 Å². The number of H-pyrrole nitrogens is 1. The number of aromatic amines is 1. The highest BCUT2D eigenvalue weighted by Gasteiger charge is 2.46. The number of hydrogen-bond acceptors (Lipinski definition) is 7. The van der Waals surface area contributed by atoms with Gasteiger partial charge in [0.1, 0.15) is 5.69 Å². The number of aromatic nitrogens is 3. The third-order valence-electron chi connectivity index (χ3n) is 3.00. The van der Waals surface area contributed by atoms with Crippen LogP contribution in [0.4, 0.5) is 24.5 Å². The molecule has 24 heavy (non-hydrogen) atoms. The maximum Gasteiger partial charge on any atom is 0.501 e. The molecule has 2 heterocycles. The number of fused-ring (bicyclic) bond motifs is 1. The van der Waals surface area contributed by atoms with E-state index in [-0.39, 0.29) is 22.5 Å². The highest BCUT2D eigenvalue weighted by Crippen LogP contribution is 2.31. The number of halogens is 3. The summed E-state index contributed by atoms with van der Waals surface area (Å²) in [6, 6.07) is 5.26. The van der Waals surface area contributed by atoms with Gasteiger partial charge in [0.25, 0.3) is 15.4 Å². The molecule has 0 spiro atoms. The zero-order valence-corrected chi connectivity index (χ0v) is 12.3. The number of sulfone groups is 1. The molecule has 8 nitrogen and oxygen atoms in total. The molecule has 0 radical (unpaired) electrons. The lowest BCUT2D eigenvalue weighted by atomic mass is 10.3. The quantitative estimate of drug-likeness (QED) is 0.733. The van der Waals surface area contributed by atoms with E-state index >= 15 is 0 Å². The van der Waals surface area contributed by atoms with Crippen LogP contribution in [-0.2, 0) is 9.84 Å². The average molecular weight is 360 g/mol. The Balaban J connectivity index is 2.00. The topological polar surface area (TPSA) is 118 Å². The van der Waals surface area contributed by atoms with Crippen molar-refractivity contribution in [2.75, 3.05) is 5.32 Å². The molecule has 3 aromatic rings. The highest BCUT2D eigenvalue weighted by molar-refractivity contribution is 7.92. The summed E-state index contributed by atoms with van der Waals surface area (Å²) in [6.45, 7) is 0. The van der Waals surface area contributed by atoms with Gasteiger partial charge in [-0.15, -0.1) is 0 Å². The smallest absolute Gasteiger partial charge is 0.351 e. The third-order valence-corrected chi connectivity index (χ3v) is 4.48. The monoisotopic (exact) mass is 360 g/mol. The van der Waals surface area contributed by atoms with Crippen LogP contribution in [0.25, 0.3) is 11.2 Å². The van der Waals surface area contributed by atoms with E-state index in [1.54, 1.807) is 0 Å². The molecule has 0 saturated carbocycles. The second-order valence-electron chi connectivity index (χ2n) is 4.61. The Kier molecular flexibility index (Phi) is 3.55. The van der Waals surface area contributed by atoms with Gasteiger partial charge in [-0.25, -0.2) is 13.0 Å². The van der Waals surface area contributed by atoms with Gasteiger partial charge in [0.2, 0.25) is 5.65 Å². The van der Waals surface area contributed by atoms with Gasteiger partial charge in [0, 0.05) is 11.8 Å². The molecular formula is C12H7F3N4O4S. The molecule has 0 unspecified atom stereocenters. The molecule has 0 amide bonds. The summed E-state index contributed by atoms with van der Waals surface area (Å²) in [5, 5.41) is 9.47. The summed E-state index contributed by atoms with van der Waals surface area (Å²) in [5.41, 5.74) is -5.85. The van der Waals surface area contributed by atoms with Crippen LogP contribution in [-0.4, -0.2) is 29.2 Å². The minimum absolute atomic E-state index is 0.0263. The molecule has 0 bridgehead atoms. The molecule has 2 N–H and O–H groups in total. The van der Waals surface area contributed by atoms with Gasteiger partial charge in [0.15, 0.2) is 5.52 Å². The van der Waals surface area contributed by atoms with Gasteiger partial charge < -0.3 is 10.3 Å². The first-order valence-corrected chi connectivity index (χ1v) is 7.71. The molecule has 1 aromatic carbocycles. The van der Waals surface area contributed by atoms with Gasteiger partial charge in [-0.05, 0) is 28.5 Å². The summed E-state index contributed by atoms with van der Waals surface area (Å²) in [5.74, 6) is 0. The van der Waals surface area contributed by atoms with Gasteiger partial charge in [-0.2, -0.15) is 13.2 Å². The molecule has 126 valence electrons. The lowest BCUT2D eigenvalue weighted by molar-refractivity contribution is -0.0435. The lowest BCUT2D eigenvalue weighted by Crippen LogP contribution is -2.23. The lowest BCUT2D eigenvalue weighted by Gasteiger charge is -2.10. The first-order valence-electron chi connectivity index (χ1n) is 6.22. The molecule has 2 aromatic heterocycles. The molecule has 0 aliphatic carbocycles. The number of rotatable bonds is 3. The average Bonchev–Trinajstić information content (AvgIpc) is 2.94. The molecule has 0 saturated heterocycles. The van der Waals surface area contributed by atoms with Crippen molar-refractivity contribution in [3.05, 3.63) is 40.7 Å². The summed E-state index contributed by atoms with van der Waals surface area (Å²) in [4.78, 5) is 13.3. The zero-order chi connectivity index (χ0) is 17.5. The molecule has 0 aliphatic rings. The van der Waals surface area contributed by atoms with Crippen molar-refractivity contribution in [3.63, 3.8) is 0 Å². The minimum Gasteiger partial charge on any atom is -0.351 e. The van der Waals surface area contributed by atoms with Crippen LogP contribution >= 0.6 is 0 Å². The van der Waals surface area contributed by atoms with Crippen LogP contribution < -0.4 is 10.9 Å². The fraction of sp³-hybridized carbons (Fsp3) is 0.0833. The van der Waals surface area contributed by atoms with Crippen molar-refractivity contribution in [1.82, 2.24) is 15.3 Å². The van der Waals surface area contributed by atoms with Crippen molar-refractivity contribution >= 4 is 32.4 Å². The molecule has 0 atom stereocenters. The number of nitrogens with zero attached hydrogens (tertiary/aromatic N) is 2. The largest absolute Gasteiger partial charge is 0.501 e. The van der Waals surface area contributed by atoms with Crippen molar-refractivity contribution in [1.29, 1.82) is 0 Å². The van der Waals surface area contributed by atoms with Gasteiger partial charge in [-0.1, -0.05) is 6.07 Å². The maximum atomic E-state index is 12.6. The van der Waals surface area contributed by atoms with E-state index in [0.717, 1.165) is 18.2 Å². The first kappa shape index (κ1) is 16.0. The fourth-order valence-electron chi connectivity index (χ4n) is 1.88. The molecule has 0 aliphatic heterocycles. The SMILES string of the molecule is O=c1[nH]c2nonc2cc1Nc1cccc(S(=O)(=O)C(F)(F)F)c1. The summed E-state index contributed by atoms with van der Waals surface area (Å²) in [7, 11) is -5.49. The Morgan fingerprint density at radius 2 is 1.92 bits per heavy atom. The van der Waals surface area contributed by atoms with Crippen LogP contribution in [0, 0.1) is 0 Å². The van der Waals surface area contributed by atoms with Crippen molar-refractivity contribution < 1.29 is 26.2 Å². The highest BCUT2D eigenvalue weighted by atomic mass is 32.2. The van der Waals surface area contributed by atoms with Crippen molar-refractivity contribution in [3.8, 4) is 0 Å². The maximum absolute atomic E-state index is 12.6. The van der Waals surface area contributed by atoms with E-state index in [1.807, 2.05) is 0 Å². The number of pyridine rings is 1. The Hall–Kier alpha value is -2.89. The Bertz CT molecular complexity index is 1070. The number of hydrogen-bond donors (Lipinski definition) is 2. The van der Waals surface area contributed by atoms with E-state index in [2.05, 4.69) is 25.2 Å². The van der Waals surface area contributed by atoms with Crippen LogP contribution in [0.3, 0.4) is 0 Å². The predicted molar refractivity (Wildman–Crippen MR) is 75.4 cm³/mol. The van der Waals surface area contributed by atoms with Gasteiger partial charge in [0.05, 0.1) is 4.90 Å². The minimum atomic E-state index is -5.49. The van der Waals surface area contributed by atoms with Crippen LogP contribution in [0.2, 0.25) is 0 Å². The van der Waals surface area contributed by atoms with Crippen LogP contribution in [0.5, 0.6) is 0 Å². The zero-order valence-electron chi connectivity index (χ0n) is 11.5. The second kappa shape index (κ2) is 5.33. The molecule has 0 fully saturated rings. The fourth-order valence-corrected chi connectivity index (χ4v) is 2.68. The number of alkyl halides is 3. The predicted octanol–water partition coefficient (Wildman–Crippen LogP) is 1.95. The Morgan fingerprint density at radius 1 is 1.17 bits per heavy atom. The molecule has 3 rings (SSSR count). The molecular weight excluding hydrogens is 353 g/mol. The van der Waals surface area contributed by atoms with Gasteiger partial charge in [-0.3, -0.25) is 4.79 Å². The van der Waals surface area contributed by atoms with E-state index in [1.165, 1.54) is 12.1 Å². The first-order chi connectivity index (χ1) is 11.2. The summed E-state index contributed by atoms with van der Waals surface area (Å²) < 4.78 is 65.0. The summed E-state index contributed by atoms with van der Waals surface area (Å²) in [6.07, 6.45) is 0. The second-order valence-corrected chi connectivity index (χ2v) is 6.55. The van der Waals surface area contributed by atoms with Crippen molar-refractivity contribution in [2.24, 2.45) is 0 Å². The van der Waals surface area contributed by atoms with Crippen LogP contribution in [0.1, 0.15) is 0 Å². The number of nitrogens with one attached hydrogen (secondary N) is 2. The van der Waals surface area contributed by atoms with E-state index < -0.39 is 25.8 Å². The Morgan fingerprint density at radius 3 is 2.62 bits per heavy atom. The normalized spacial score (nSPS) is 12.5. The van der Waals surface area contributed by atoms with Gasteiger partial charge >= 0.3 is 5.51 Å². The summed E-state index contributed by atoms with van der Waals surface area (Å²) >= 11 is 0.